The van der Waals surface area contributed by atoms with Gasteiger partial charge in [-0.2, -0.15) is 0 Å². The minimum Gasteiger partial charge on any atom is -0.464 e. The molecule has 0 atom stereocenters. The lowest BCUT2D eigenvalue weighted by Gasteiger charge is -1.98. The lowest BCUT2D eigenvalue weighted by atomic mass is 10.1. The molecule has 0 saturated carbocycles. The van der Waals surface area contributed by atoms with Crippen LogP contribution in [0.4, 0.5) is 0 Å². The third-order valence-electron chi connectivity index (χ3n) is 2.34. The maximum atomic E-state index is 5.34. The molecule has 1 nitrogen and oxygen atoms in total. The van der Waals surface area contributed by atoms with Crippen molar-refractivity contribution in [3.8, 4) is 0 Å². The van der Waals surface area contributed by atoms with Gasteiger partial charge in [0, 0.05) is 5.39 Å². The highest BCUT2D eigenvalue weighted by Crippen LogP contribution is 2.17. The topological polar surface area (TPSA) is 13.1 Å². The molecule has 0 radical (unpaired) electrons. The van der Waals surface area contributed by atoms with Crippen molar-refractivity contribution in [2.75, 3.05) is 0 Å². The molecule has 0 aliphatic heterocycles. The number of hydrogen-bond acceptors (Lipinski definition) is 1. The highest BCUT2D eigenvalue weighted by atomic mass is 16.3. The summed E-state index contributed by atoms with van der Waals surface area (Å²) < 4.78 is 5.34. The van der Waals surface area contributed by atoms with Gasteiger partial charge >= 0.3 is 0 Å². The Bertz CT molecular complexity index is 387. The van der Waals surface area contributed by atoms with Crippen molar-refractivity contribution in [1.29, 1.82) is 0 Å². The molecule has 0 amide bonds. The van der Waals surface area contributed by atoms with Crippen LogP contribution in [0.1, 0.15) is 25.3 Å². The summed E-state index contributed by atoms with van der Waals surface area (Å²) >= 11 is 0. The average molecular weight is 174 g/mol. The number of rotatable bonds is 3. The second kappa shape index (κ2) is 3.65. The summed E-state index contributed by atoms with van der Waals surface area (Å²) in [4.78, 5) is 0. The van der Waals surface area contributed by atoms with Crippen molar-refractivity contribution >= 4 is 11.0 Å². The number of hydrogen-bond donors (Lipinski definition) is 0. The second-order valence-corrected chi connectivity index (χ2v) is 3.40. The summed E-state index contributed by atoms with van der Waals surface area (Å²) in [6, 6.07) is 8.46. The van der Waals surface area contributed by atoms with Crippen LogP contribution in [0.3, 0.4) is 0 Å². The molecule has 0 bridgehead atoms. The van der Waals surface area contributed by atoms with Crippen LogP contribution in [0.15, 0.2) is 34.9 Å². The van der Waals surface area contributed by atoms with E-state index in [1.54, 1.807) is 6.26 Å². The van der Waals surface area contributed by atoms with E-state index in [1.165, 1.54) is 23.8 Å². The smallest absolute Gasteiger partial charge is 0.134 e. The van der Waals surface area contributed by atoms with E-state index in [-0.39, 0.29) is 0 Å². The Balaban J connectivity index is 2.26. The zero-order chi connectivity index (χ0) is 9.10. The monoisotopic (exact) mass is 174 g/mol. The van der Waals surface area contributed by atoms with E-state index in [0.717, 1.165) is 12.0 Å². The largest absolute Gasteiger partial charge is 0.464 e. The Hall–Kier alpha value is -1.24. The lowest BCUT2D eigenvalue weighted by molar-refractivity contribution is 0.615. The van der Waals surface area contributed by atoms with Crippen LogP contribution >= 0.6 is 0 Å². The van der Waals surface area contributed by atoms with Gasteiger partial charge in [-0.3, -0.25) is 0 Å². The van der Waals surface area contributed by atoms with Gasteiger partial charge in [-0.05, 0) is 30.5 Å². The average Bonchev–Trinajstić information content (AvgIpc) is 2.61. The van der Waals surface area contributed by atoms with Crippen LogP contribution in [-0.2, 0) is 6.42 Å². The molecule has 1 aromatic heterocycles. The van der Waals surface area contributed by atoms with Gasteiger partial charge in [0.05, 0.1) is 6.26 Å². The number of unbranched alkanes of at least 4 members (excludes halogenated alkanes) is 1. The highest BCUT2D eigenvalue weighted by molar-refractivity contribution is 5.77. The van der Waals surface area contributed by atoms with Gasteiger partial charge in [-0.1, -0.05) is 25.5 Å². The molecular weight excluding hydrogens is 160 g/mol. The highest BCUT2D eigenvalue weighted by Gasteiger charge is 1.97. The van der Waals surface area contributed by atoms with Crippen molar-refractivity contribution in [2.24, 2.45) is 0 Å². The van der Waals surface area contributed by atoms with Gasteiger partial charge in [-0.15, -0.1) is 0 Å². The number of fused-ring (bicyclic) bond motifs is 1. The van der Waals surface area contributed by atoms with Crippen LogP contribution < -0.4 is 0 Å². The first-order valence-electron chi connectivity index (χ1n) is 4.86. The van der Waals surface area contributed by atoms with Gasteiger partial charge < -0.3 is 4.42 Å². The fraction of sp³-hybridized carbons (Fsp3) is 0.333. The van der Waals surface area contributed by atoms with Crippen LogP contribution in [0.25, 0.3) is 11.0 Å². The Morgan fingerprint density at radius 2 is 2.15 bits per heavy atom. The van der Waals surface area contributed by atoms with Crippen molar-refractivity contribution in [2.45, 2.75) is 26.2 Å². The molecule has 0 N–H and O–H groups in total. The van der Waals surface area contributed by atoms with E-state index in [0.29, 0.717) is 0 Å². The molecule has 1 heterocycles. The van der Waals surface area contributed by atoms with Gasteiger partial charge in [0.15, 0.2) is 0 Å². The van der Waals surface area contributed by atoms with Crippen LogP contribution in [0, 0.1) is 0 Å². The molecule has 13 heavy (non-hydrogen) atoms. The Morgan fingerprint density at radius 3 is 3.00 bits per heavy atom. The zero-order valence-corrected chi connectivity index (χ0v) is 7.92. The lowest BCUT2D eigenvalue weighted by Crippen LogP contribution is -1.82. The first-order chi connectivity index (χ1) is 6.40. The normalized spacial score (nSPS) is 10.8. The molecule has 0 saturated heterocycles. The maximum absolute atomic E-state index is 5.34. The van der Waals surface area contributed by atoms with E-state index in [9.17, 15) is 0 Å². The molecule has 0 fully saturated rings. The van der Waals surface area contributed by atoms with Gasteiger partial charge in [0.2, 0.25) is 0 Å². The molecule has 0 aliphatic rings. The zero-order valence-electron chi connectivity index (χ0n) is 7.92. The fourth-order valence-electron chi connectivity index (χ4n) is 1.54. The fourth-order valence-corrected chi connectivity index (χ4v) is 1.54. The molecule has 0 spiro atoms. The summed E-state index contributed by atoms with van der Waals surface area (Å²) in [5.74, 6) is 0. The molecule has 0 unspecified atom stereocenters. The van der Waals surface area contributed by atoms with Gasteiger partial charge in [0.25, 0.3) is 0 Å². The standard InChI is InChI=1S/C12H14O/c1-2-3-4-10-5-6-11-7-8-13-12(11)9-10/h5-9H,2-4H2,1H3. The summed E-state index contributed by atoms with van der Waals surface area (Å²) in [5.41, 5.74) is 2.39. The number of furan rings is 1. The van der Waals surface area contributed by atoms with E-state index in [4.69, 9.17) is 4.42 Å². The Kier molecular flexibility index (Phi) is 2.35. The summed E-state index contributed by atoms with van der Waals surface area (Å²) in [6.45, 7) is 2.21. The third kappa shape index (κ3) is 1.74. The van der Waals surface area contributed by atoms with Crippen LogP contribution in [-0.4, -0.2) is 0 Å². The van der Waals surface area contributed by atoms with Crippen LogP contribution in [0.2, 0.25) is 0 Å². The first-order valence-corrected chi connectivity index (χ1v) is 4.86. The molecule has 2 aromatic rings. The Morgan fingerprint density at radius 1 is 1.23 bits per heavy atom. The van der Waals surface area contributed by atoms with E-state index in [2.05, 4.69) is 25.1 Å². The molecule has 68 valence electrons. The van der Waals surface area contributed by atoms with E-state index < -0.39 is 0 Å². The predicted octanol–water partition coefficient (Wildman–Crippen LogP) is 3.78. The van der Waals surface area contributed by atoms with Crippen molar-refractivity contribution in [3.63, 3.8) is 0 Å². The van der Waals surface area contributed by atoms with Crippen LogP contribution in [0.5, 0.6) is 0 Å². The van der Waals surface area contributed by atoms with E-state index >= 15 is 0 Å². The molecule has 0 aliphatic carbocycles. The summed E-state index contributed by atoms with van der Waals surface area (Å²) in [5, 5.41) is 1.19. The number of aryl methyl sites for hydroxylation is 1. The molecular formula is C12H14O. The second-order valence-electron chi connectivity index (χ2n) is 3.40. The summed E-state index contributed by atoms with van der Waals surface area (Å²) in [6.07, 6.45) is 5.41. The molecule has 1 heteroatoms. The van der Waals surface area contributed by atoms with Crippen molar-refractivity contribution in [1.82, 2.24) is 0 Å². The number of benzene rings is 1. The minimum absolute atomic E-state index is 1.01. The quantitative estimate of drug-likeness (QED) is 0.690. The Labute approximate surface area is 78.4 Å². The maximum Gasteiger partial charge on any atom is 0.134 e. The SMILES string of the molecule is CCCCc1ccc2ccoc2c1. The molecule has 2 rings (SSSR count). The van der Waals surface area contributed by atoms with Gasteiger partial charge in [0.1, 0.15) is 5.58 Å². The van der Waals surface area contributed by atoms with Gasteiger partial charge in [-0.25, -0.2) is 0 Å². The first kappa shape index (κ1) is 8.36. The minimum atomic E-state index is 1.01. The molecule has 1 aromatic carbocycles. The van der Waals surface area contributed by atoms with E-state index in [1.807, 2.05) is 6.07 Å². The van der Waals surface area contributed by atoms with Crippen molar-refractivity contribution in [3.05, 3.63) is 36.1 Å². The predicted molar refractivity (Wildman–Crippen MR) is 54.8 cm³/mol. The van der Waals surface area contributed by atoms with Crippen molar-refractivity contribution < 1.29 is 4.42 Å². The third-order valence-corrected chi connectivity index (χ3v) is 2.34. The summed E-state index contributed by atoms with van der Waals surface area (Å²) in [7, 11) is 0.